The molecule has 1 aliphatic carbocycles. The second-order valence-corrected chi connectivity index (χ2v) is 9.04. The van der Waals surface area contributed by atoms with Gasteiger partial charge in [-0.2, -0.15) is 4.98 Å². The van der Waals surface area contributed by atoms with Crippen molar-refractivity contribution in [3.63, 3.8) is 0 Å². The zero-order chi connectivity index (χ0) is 19.5. The van der Waals surface area contributed by atoms with Gasteiger partial charge in [0.15, 0.2) is 11.6 Å². The minimum absolute atomic E-state index is 0.0758. The smallest absolute Gasteiger partial charge is 0.226 e. The second kappa shape index (κ2) is 6.10. The van der Waals surface area contributed by atoms with Crippen molar-refractivity contribution in [2.45, 2.75) is 32.7 Å². The van der Waals surface area contributed by atoms with Gasteiger partial charge in [0.2, 0.25) is 5.95 Å². The van der Waals surface area contributed by atoms with Crippen LogP contribution >= 0.6 is 11.3 Å². The summed E-state index contributed by atoms with van der Waals surface area (Å²) in [6.45, 7) is 4.17. The van der Waals surface area contributed by atoms with Crippen molar-refractivity contribution in [3.8, 4) is 10.7 Å². The number of ketones is 1. The van der Waals surface area contributed by atoms with Gasteiger partial charge in [0.1, 0.15) is 11.9 Å². The fourth-order valence-corrected chi connectivity index (χ4v) is 4.76. The number of Topliss-reactive ketones (excluding diaryl/α,β-unsaturated/α-hetero) is 1. The SMILES string of the molecule is CC1(C)CC(=O)C2=C(C1)Nc1nc(-c3cccs3)nn1C2c1cccc(F)c1. The standard InChI is InChI=1S/C21H19FN4OS/c1-21(2)10-14-17(15(27)11-21)18(12-5-3-6-13(22)9-12)26-20(23-14)24-19(25-26)16-7-4-8-28-16/h3-9,18H,10-11H2,1-2H3,(H,23,24,25). The molecule has 2 aliphatic rings. The Labute approximate surface area is 165 Å². The van der Waals surface area contributed by atoms with Crippen LogP contribution in [0.15, 0.2) is 53.0 Å². The van der Waals surface area contributed by atoms with Crippen LogP contribution in [0.3, 0.4) is 0 Å². The predicted octanol–water partition coefficient (Wildman–Crippen LogP) is 4.80. The van der Waals surface area contributed by atoms with Crippen molar-refractivity contribution < 1.29 is 9.18 Å². The molecule has 2 aromatic heterocycles. The number of anilines is 1. The highest BCUT2D eigenvalue weighted by atomic mass is 32.1. The molecule has 0 saturated heterocycles. The number of carbonyl (C=O) groups excluding carboxylic acids is 1. The largest absolute Gasteiger partial charge is 0.328 e. The average Bonchev–Trinajstić information content (AvgIpc) is 3.28. The zero-order valence-corrected chi connectivity index (χ0v) is 16.4. The predicted molar refractivity (Wildman–Crippen MR) is 107 cm³/mol. The van der Waals surface area contributed by atoms with E-state index in [9.17, 15) is 9.18 Å². The fourth-order valence-electron chi connectivity index (χ4n) is 4.10. The molecule has 1 unspecified atom stereocenters. The first kappa shape index (κ1) is 17.3. The van der Waals surface area contributed by atoms with Gasteiger partial charge in [0, 0.05) is 17.7 Å². The summed E-state index contributed by atoms with van der Waals surface area (Å²) in [6.07, 6.45) is 1.20. The number of nitrogens with one attached hydrogen (secondary N) is 1. The zero-order valence-electron chi connectivity index (χ0n) is 15.6. The summed E-state index contributed by atoms with van der Waals surface area (Å²) in [6, 6.07) is 9.83. The van der Waals surface area contributed by atoms with E-state index in [0.717, 1.165) is 17.0 Å². The van der Waals surface area contributed by atoms with E-state index in [2.05, 4.69) is 29.2 Å². The second-order valence-electron chi connectivity index (χ2n) is 8.10. The average molecular weight is 394 g/mol. The van der Waals surface area contributed by atoms with Gasteiger partial charge in [-0.1, -0.05) is 32.0 Å². The first-order chi connectivity index (χ1) is 13.4. The lowest BCUT2D eigenvalue weighted by molar-refractivity contribution is -0.118. The molecule has 1 aliphatic heterocycles. The van der Waals surface area contributed by atoms with Crippen molar-refractivity contribution in [3.05, 3.63) is 64.4 Å². The molecule has 0 spiro atoms. The van der Waals surface area contributed by atoms with Gasteiger partial charge in [-0.3, -0.25) is 4.79 Å². The molecule has 142 valence electrons. The van der Waals surface area contributed by atoms with Crippen LogP contribution in [0.25, 0.3) is 10.7 Å². The number of halogens is 1. The molecule has 5 nitrogen and oxygen atoms in total. The maximum atomic E-state index is 14.0. The Hall–Kier alpha value is -2.80. The number of carbonyl (C=O) groups is 1. The van der Waals surface area contributed by atoms with Crippen LogP contribution in [0.2, 0.25) is 0 Å². The molecule has 3 heterocycles. The Balaban J connectivity index is 1.71. The molecule has 5 rings (SSSR count). The van der Waals surface area contributed by atoms with Crippen LogP contribution in [0.5, 0.6) is 0 Å². The van der Waals surface area contributed by atoms with Crippen LogP contribution < -0.4 is 5.32 Å². The number of fused-ring (bicyclic) bond motifs is 1. The molecular formula is C21H19FN4OS. The van der Waals surface area contributed by atoms with Gasteiger partial charge in [0.05, 0.1) is 4.88 Å². The maximum absolute atomic E-state index is 14.0. The molecule has 1 aromatic carbocycles. The summed E-state index contributed by atoms with van der Waals surface area (Å²) in [7, 11) is 0. The molecule has 1 N–H and O–H groups in total. The quantitative estimate of drug-likeness (QED) is 0.678. The van der Waals surface area contributed by atoms with E-state index >= 15 is 0 Å². The molecule has 3 aromatic rings. The molecule has 0 amide bonds. The normalized spacial score (nSPS) is 20.5. The minimum atomic E-state index is -0.480. The topological polar surface area (TPSA) is 59.8 Å². The number of hydrogen-bond acceptors (Lipinski definition) is 5. The van der Waals surface area contributed by atoms with E-state index in [1.807, 2.05) is 23.6 Å². The number of benzene rings is 1. The monoisotopic (exact) mass is 394 g/mol. The highest BCUT2D eigenvalue weighted by Crippen LogP contribution is 2.45. The Bertz CT molecular complexity index is 1110. The van der Waals surface area contributed by atoms with Crippen molar-refractivity contribution in [2.24, 2.45) is 5.41 Å². The molecule has 0 saturated carbocycles. The van der Waals surface area contributed by atoms with Gasteiger partial charge in [-0.25, -0.2) is 9.07 Å². The summed E-state index contributed by atoms with van der Waals surface area (Å²) in [5.41, 5.74) is 2.10. The first-order valence-electron chi connectivity index (χ1n) is 9.20. The maximum Gasteiger partial charge on any atom is 0.226 e. The lowest BCUT2D eigenvalue weighted by atomic mass is 9.73. The minimum Gasteiger partial charge on any atom is -0.328 e. The van der Waals surface area contributed by atoms with Crippen molar-refractivity contribution in [2.75, 3.05) is 5.32 Å². The Kier molecular flexibility index (Phi) is 3.77. The summed E-state index contributed by atoms with van der Waals surface area (Å²) in [5.74, 6) is 0.932. The Morgan fingerprint density at radius 2 is 2.11 bits per heavy atom. The molecule has 7 heteroatoms. The Morgan fingerprint density at radius 1 is 1.25 bits per heavy atom. The van der Waals surface area contributed by atoms with E-state index in [1.54, 1.807) is 22.1 Å². The van der Waals surface area contributed by atoms with E-state index in [-0.39, 0.29) is 17.0 Å². The highest BCUT2D eigenvalue weighted by Gasteiger charge is 2.42. The lowest BCUT2D eigenvalue weighted by Crippen LogP contribution is -2.36. The Morgan fingerprint density at radius 3 is 2.86 bits per heavy atom. The van der Waals surface area contributed by atoms with Gasteiger partial charge in [0.25, 0.3) is 0 Å². The van der Waals surface area contributed by atoms with Gasteiger partial charge in [-0.05, 0) is 41.0 Å². The van der Waals surface area contributed by atoms with Crippen LogP contribution in [-0.4, -0.2) is 20.5 Å². The number of hydrogen-bond donors (Lipinski definition) is 1. The third-order valence-corrected chi connectivity index (χ3v) is 6.10. The van der Waals surface area contributed by atoms with E-state index in [4.69, 9.17) is 0 Å². The lowest BCUT2D eigenvalue weighted by Gasteiger charge is -2.38. The number of nitrogens with zero attached hydrogens (tertiary/aromatic N) is 3. The van der Waals surface area contributed by atoms with Crippen LogP contribution in [0.4, 0.5) is 10.3 Å². The summed E-state index contributed by atoms with van der Waals surface area (Å²) < 4.78 is 15.7. The third kappa shape index (κ3) is 2.77. The van der Waals surface area contributed by atoms with E-state index in [0.29, 0.717) is 29.3 Å². The molecule has 0 fully saturated rings. The molecular weight excluding hydrogens is 375 g/mol. The van der Waals surface area contributed by atoms with Crippen LogP contribution in [0, 0.1) is 11.2 Å². The van der Waals surface area contributed by atoms with Crippen molar-refractivity contribution in [1.29, 1.82) is 0 Å². The van der Waals surface area contributed by atoms with Crippen LogP contribution in [-0.2, 0) is 4.79 Å². The molecule has 1 atom stereocenters. The summed E-state index contributed by atoms with van der Waals surface area (Å²) in [5, 5.41) is 10.0. The number of rotatable bonds is 2. The summed E-state index contributed by atoms with van der Waals surface area (Å²) in [4.78, 5) is 18.7. The first-order valence-corrected chi connectivity index (χ1v) is 10.1. The summed E-state index contributed by atoms with van der Waals surface area (Å²) >= 11 is 1.56. The number of aromatic nitrogens is 3. The van der Waals surface area contributed by atoms with E-state index < -0.39 is 6.04 Å². The van der Waals surface area contributed by atoms with E-state index in [1.165, 1.54) is 12.1 Å². The molecule has 0 radical (unpaired) electrons. The number of allylic oxidation sites excluding steroid dienone is 2. The van der Waals surface area contributed by atoms with Crippen LogP contribution in [0.1, 0.15) is 38.3 Å². The fraction of sp³-hybridized carbons (Fsp3) is 0.286. The van der Waals surface area contributed by atoms with Crippen molar-refractivity contribution in [1.82, 2.24) is 14.8 Å². The van der Waals surface area contributed by atoms with Gasteiger partial charge < -0.3 is 5.32 Å². The third-order valence-electron chi connectivity index (χ3n) is 5.24. The van der Waals surface area contributed by atoms with Crippen molar-refractivity contribution >= 4 is 23.1 Å². The molecule has 28 heavy (non-hydrogen) atoms. The molecule has 0 bridgehead atoms. The van der Waals surface area contributed by atoms with Gasteiger partial charge in [-0.15, -0.1) is 16.4 Å². The number of thiophene rings is 1. The van der Waals surface area contributed by atoms with Gasteiger partial charge >= 0.3 is 0 Å². The highest BCUT2D eigenvalue weighted by molar-refractivity contribution is 7.13.